The Balaban J connectivity index is 0.000000696. The van der Waals surface area contributed by atoms with E-state index in [0.717, 1.165) is 25.7 Å². The van der Waals surface area contributed by atoms with Crippen LogP contribution < -0.4 is 5.32 Å². The van der Waals surface area contributed by atoms with Crippen molar-refractivity contribution in [2.75, 3.05) is 6.54 Å². The number of hydrogen-bond acceptors (Lipinski definition) is 4. The van der Waals surface area contributed by atoms with Crippen LogP contribution in [0.15, 0.2) is 35.2 Å². The van der Waals surface area contributed by atoms with E-state index < -0.39 is 16.1 Å². The normalized spacial score (nSPS) is 10.7. The molecule has 0 saturated heterocycles. The van der Waals surface area contributed by atoms with Crippen LogP contribution in [-0.4, -0.2) is 31.4 Å². The number of rotatable bonds is 15. The molecule has 0 aliphatic rings. The second-order valence-corrected chi connectivity index (χ2v) is 8.61. The summed E-state index contributed by atoms with van der Waals surface area (Å²) in [7, 11) is -4.00. The molecule has 1 radical (unpaired) electrons. The number of carbonyl (C=O) groups excluding carboxylic acids is 2. The molecular weight excluding hydrogens is 406 g/mol. The third-order valence-corrected chi connectivity index (χ3v) is 5.30. The van der Waals surface area contributed by atoms with Gasteiger partial charge in [0.15, 0.2) is 0 Å². The first-order valence-corrected chi connectivity index (χ1v) is 12.2. The van der Waals surface area contributed by atoms with Crippen molar-refractivity contribution < 1.29 is 27.7 Å². The van der Waals surface area contributed by atoms with Gasteiger partial charge in [-0.05, 0) is 31.4 Å². The van der Waals surface area contributed by atoms with Crippen molar-refractivity contribution in [2.24, 2.45) is 0 Å². The summed E-state index contributed by atoms with van der Waals surface area (Å²) in [5, 5.41) is 13.1. The Morgan fingerprint density at radius 3 is 1.90 bits per heavy atom. The topological polar surface area (TPSA) is 120 Å². The fourth-order valence-corrected chi connectivity index (χ4v) is 3.22. The maximum absolute atomic E-state index is 11.5. The molecule has 30 heavy (non-hydrogen) atoms. The van der Waals surface area contributed by atoms with Crippen LogP contribution in [0.25, 0.3) is 0 Å². The minimum Gasteiger partial charge on any atom is -0.356 e. The van der Waals surface area contributed by atoms with Crippen LogP contribution in [0.5, 0.6) is 0 Å². The summed E-state index contributed by atoms with van der Waals surface area (Å²) >= 11 is 0. The molecule has 0 unspecified atom stereocenters. The van der Waals surface area contributed by atoms with Crippen molar-refractivity contribution in [3.8, 4) is 0 Å². The highest BCUT2D eigenvalue weighted by Crippen LogP contribution is 2.08. The summed E-state index contributed by atoms with van der Waals surface area (Å²) < 4.78 is 29.2. The standard InChI is InChI=1S/C16H30NO3.C6H6O3S/c1-2-3-4-5-6-7-9-12-15(18)17-14-11-8-10-13-16(19)20;7-10(8,9)6-4-2-1-3-5-6/h2-14H2,1H3,(H,17,18);1-5H,(H,7,8,9). The summed E-state index contributed by atoms with van der Waals surface area (Å²) in [5.74, 6) is -0.869. The van der Waals surface area contributed by atoms with Gasteiger partial charge >= 0.3 is 5.97 Å². The molecule has 1 aromatic carbocycles. The zero-order valence-corrected chi connectivity index (χ0v) is 18.8. The van der Waals surface area contributed by atoms with E-state index in [2.05, 4.69) is 12.2 Å². The number of hydrogen-bond donors (Lipinski definition) is 2. The third-order valence-electron chi connectivity index (χ3n) is 4.43. The van der Waals surface area contributed by atoms with Crippen molar-refractivity contribution >= 4 is 22.0 Å². The van der Waals surface area contributed by atoms with Gasteiger partial charge in [-0.15, -0.1) is 0 Å². The van der Waals surface area contributed by atoms with Crippen molar-refractivity contribution in [3.63, 3.8) is 0 Å². The molecule has 1 amide bonds. The van der Waals surface area contributed by atoms with Gasteiger partial charge in [0.2, 0.25) is 5.91 Å². The van der Waals surface area contributed by atoms with E-state index in [1.807, 2.05) is 0 Å². The molecule has 0 saturated carbocycles. The molecule has 2 N–H and O–H groups in total. The molecule has 0 aromatic heterocycles. The number of unbranched alkanes of at least 4 members (excludes halogenated alkanes) is 8. The molecule has 171 valence electrons. The average molecular weight is 443 g/mol. The molecule has 0 atom stereocenters. The smallest absolute Gasteiger partial charge is 0.355 e. The Kier molecular flexibility index (Phi) is 16.7. The van der Waals surface area contributed by atoms with Crippen LogP contribution in [0.4, 0.5) is 0 Å². The molecule has 0 bridgehead atoms. The van der Waals surface area contributed by atoms with Gasteiger partial charge in [0, 0.05) is 13.0 Å². The highest BCUT2D eigenvalue weighted by Gasteiger charge is 2.05. The molecule has 0 aliphatic carbocycles. The van der Waals surface area contributed by atoms with Crippen molar-refractivity contribution in [3.05, 3.63) is 30.3 Å². The zero-order chi connectivity index (χ0) is 22.7. The lowest BCUT2D eigenvalue weighted by Crippen LogP contribution is -2.23. The van der Waals surface area contributed by atoms with Crippen molar-refractivity contribution in [1.82, 2.24) is 5.32 Å². The summed E-state index contributed by atoms with van der Waals surface area (Å²) in [6.07, 6.45) is 11.6. The van der Waals surface area contributed by atoms with Crippen LogP contribution in [-0.2, 0) is 24.8 Å². The second kappa shape index (κ2) is 17.9. The molecule has 0 fully saturated rings. The van der Waals surface area contributed by atoms with Gasteiger partial charge in [-0.2, -0.15) is 8.42 Å². The molecule has 1 aromatic rings. The van der Waals surface area contributed by atoms with E-state index in [4.69, 9.17) is 4.55 Å². The van der Waals surface area contributed by atoms with E-state index in [1.165, 1.54) is 44.2 Å². The summed E-state index contributed by atoms with van der Waals surface area (Å²) in [4.78, 5) is 21.6. The summed E-state index contributed by atoms with van der Waals surface area (Å²) in [6, 6.07) is 7.42. The van der Waals surface area contributed by atoms with E-state index >= 15 is 0 Å². The van der Waals surface area contributed by atoms with Gasteiger partial charge in [0.05, 0.1) is 11.3 Å². The number of benzene rings is 1. The lowest BCUT2D eigenvalue weighted by Gasteiger charge is -2.05. The summed E-state index contributed by atoms with van der Waals surface area (Å²) in [5.41, 5.74) is 0. The molecule has 8 heteroatoms. The Morgan fingerprint density at radius 2 is 1.37 bits per heavy atom. The quantitative estimate of drug-likeness (QED) is 0.301. The molecule has 0 spiro atoms. The minimum atomic E-state index is -4.00. The van der Waals surface area contributed by atoms with Crippen LogP contribution in [0.3, 0.4) is 0 Å². The van der Waals surface area contributed by atoms with Crippen molar-refractivity contribution in [2.45, 2.75) is 88.9 Å². The number of carbonyl (C=O) groups is 2. The largest absolute Gasteiger partial charge is 0.356 e. The molecule has 0 heterocycles. The lowest BCUT2D eigenvalue weighted by molar-refractivity contribution is -0.143. The van der Waals surface area contributed by atoms with Crippen LogP contribution in [0.1, 0.15) is 84.0 Å². The van der Waals surface area contributed by atoms with Gasteiger partial charge in [0.25, 0.3) is 10.1 Å². The molecule has 1 rings (SSSR count). The van der Waals surface area contributed by atoms with Gasteiger partial charge in [0.1, 0.15) is 0 Å². The Morgan fingerprint density at radius 1 is 0.833 bits per heavy atom. The first kappa shape index (κ1) is 28.1. The Hall–Kier alpha value is -1.93. The maximum Gasteiger partial charge on any atom is 0.355 e. The maximum atomic E-state index is 11.5. The van der Waals surface area contributed by atoms with Crippen LogP contribution >= 0.6 is 0 Å². The van der Waals surface area contributed by atoms with Crippen molar-refractivity contribution in [1.29, 1.82) is 0 Å². The third kappa shape index (κ3) is 18.1. The van der Waals surface area contributed by atoms with Crippen LogP contribution in [0.2, 0.25) is 0 Å². The number of amides is 1. The van der Waals surface area contributed by atoms with E-state index in [0.29, 0.717) is 19.4 Å². The predicted molar refractivity (Wildman–Crippen MR) is 116 cm³/mol. The molecule has 0 aliphatic heterocycles. The minimum absolute atomic E-state index is 0.0741. The second-order valence-electron chi connectivity index (χ2n) is 7.19. The predicted octanol–water partition coefficient (Wildman–Crippen LogP) is 4.69. The molecular formula is C22H36NO6S. The highest BCUT2D eigenvalue weighted by atomic mass is 32.2. The highest BCUT2D eigenvalue weighted by molar-refractivity contribution is 7.85. The van der Waals surface area contributed by atoms with E-state index in [1.54, 1.807) is 18.2 Å². The monoisotopic (exact) mass is 442 g/mol. The van der Waals surface area contributed by atoms with Crippen LogP contribution in [0, 0.1) is 0 Å². The van der Waals surface area contributed by atoms with Gasteiger partial charge in [-0.25, -0.2) is 9.90 Å². The van der Waals surface area contributed by atoms with E-state index in [9.17, 15) is 23.1 Å². The number of nitrogens with one attached hydrogen (secondary N) is 1. The zero-order valence-electron chi connectivity index (χ0n) is 18.0. The fraction of sp³-hybridized carbons (Fsp3) is 0.636. The fourth-order valence-electron chi connectivity index (χ4n) is 2.72. The van der Waals surface area contributed by atoms with Gasteiger partial charge in [-0.3, -0.25) is 9.35 Å². The first-order valence-electron chi connectivity index (χ1n) is 10.8. The first-order chi connectivity index (χ1) is 14.3. The summed E-state index contributed by atoms with van der Waals surface area (Å²) in [6.45, 7) is 2.87. The molecule has 7 nitrogen and oxygen atoms in total. The Labute approximate surface area is 181 Å². The van der Waals surface area contributed by atoms with E-state index in [-0.39, 0.29) is 17.2 Å². The van der Waals surface area contributed by atoms with Gasteiger partial charge in [-0.1, -0.05) is 70.1 Å². The average Bonchev–Trinajstić information content (AvgIpc) is 2.70. The lowest BCUT2D eigenvalue weighted by atomic mass is 10.1. The van der Waals surface area contributed by atoms with Gasteiger partial charge < -0.3 is 5.32 Å². The Bertz CT molecular complexity index is 676. The SMILES string of the molecule is CCCCCCCCCC(=O)NCCCCCC([O])=O.O=S(=O)(O)c1ccccc1.